The first-order valence-electron chi connectivity index (χ1n) is 6.83. The molecule has 106 valence electrons. The molecule has 1 aliphatic heterocycles. The minimum absolute atomic E-state index is 0.0758. The fraction of sp³-hybridized carbons (Fsp3) is 0.467. The van der Waals surface area contributed by atoms with Gasteiger partial charge in [0.05, 0.1) is 22.7 Å². The molecule has 1 fully saturated rings. The summed E-state index contributed by atoms with van der Waals surface area (Å²) in [6.45, 7) is 3.84. The topological polar surface area (TPSA) is 64.9 Å². The maximum Gasteiger partial charge on any atom is 0.230 e. The highest BCUT2D eigenvalue weighted by Crippen LogP contribution is 2.35. The maximum atomic E-state index is 12.6. The molecule has 2 rings (SSSR count). The number of nitriles is 1. The van der Waals surface area contributed by atoms with Crippen molar-refractivity contribution in [1.29, 1.82) is 5.26 Å². The van der Waals surface area contributed by atoms with E-state index >= 15 is 0 Å². The van der Waals surface area contributed by atoms with E-state index in [2.05, 4.69) is 39.6 Å². The number of rotatable bonds is 3. The number of nitrogens with zero attached hydrogens (tertiary/aromatic N) is 1. The lowest BCUT2D eigenvalue weighted by Gasteiger charge is -2.35. The third-order valence-electron chi connectivity index (χ3n) is 4.07. The van der Waals surface area contributed by atoms with Crippen molar-refractivity contribution in [2.24, 2.45) is 5.41 Å². The summed E-state index contributed by atoms with van der Waals surface area (Å²) in [6.07, 6.45) is 2.57. The van der Waals surface area contributed by atoms with Gasteiger partial charge in [-0.2, -0.15) is 5.26 Å². The van der Waals surface area contributed by atoms with Crippen molar-refractivity contribution in [2.45, 2.75) is 26.2 Å². The molecule has 0 unspecified atom stereocenters. The Morgan fingerprint density at radius 2 is 2.20 bits per heavy atom. The zero-order valence-electron chi connectivity index (χ0n) is 11.5. The molecule has 0 aromatic heterocycles. The smallest absolute Gasteiger partial charge is 0.230 e. The van der Waals surface area contributed by atoms with Crippen LogP contribution in [0.2, 0.25) is 0 Å². The second-order valence-electron chi connectivity index (χ2n) is 5.14. The number of anilines is 1. The molecule has 0 radical (unpaired) electrons. The Balaban J connectivity index is 2.16. The van der Waals surface area contributed by atoms with E-state index in [-0.39, 0.29) is 11.3 Å². The predicted molar refractivity (Wildman–Crippen MR) is 82.3 cm³/mol. The maximum absolute atomic E-state index is 12.6. The summed E-state index contributed by atoms with van der Waals surface area (Å²) in [6, 6.07) is 7.28. The average molecular weight is 336 g/mol. The van der Waals surface area contributed by atoms with E-state index in [9.17, 15) is 4.79 Å². The van der Waals surface area contributed by atoms with E-state index in [4.69, 9.17) is 5.26 Å². The third-order valence-corrected chi connectivity index (χ3v) is 4.72. The molecule has 1 saturated heterocycles. The van der Waals surface area contributed by atoms with Crippen LogP contribution < -0.4 is 10.6 Å². The summed E-state index contributed by atoms with van der Waals surface area (Å²) in [7, 11) is 0. The SMILES string of the molecule is CCC1(C(=O)Nc2ccc(C#N)cc2Br)CCNCC1. The largest absolute Gasteiger partial charge is 0.325 e. The second-order valence-corrected chi connectivity index (χ2v) is 6.00. The van der Waals surface area contributed by atoms with Gasteiger partial charge < -0.3 is 10.6 Å². The number of piperidine rings is 1. The van der Waals surface area contributed by atoms with Gasteiger partial charge in [-0.25, -0.2) is 0 Å². The van der Waals surface area contributed by atoms with Crippen LogP contribution in [-0.4, -0.2) is 19.0 Å². The minimum atomic E-state index is -0.279. The zero-order valence-corrected chi connectivity index (χ0v) is 13.1. The van der Waals surface area contributed by atoms with Gasteiger partial charge in [-0.05, 0) is 66.5 Å². The van der Waals surface area contributed by atoms with Crippen molar-refractivity contribution in [3.8, 4) is 6.07 Å². The Kier molecular flexibility index (Phi) is 4.79. The molecule has 2 N–H and O–H groups in total. The van der Waals surface area contributed by atoms with Crippen molar-refractivity contribution in [2.75, 3.05) is 18.4 Å². The first kappa shape index (κ1) is 15.0. The molecule has 1 amide bonds. The van der Waals surface area contributed by atoms with Crippen molar-refractivity contribution in [1.82, 2.24) is 5.32 Å². The highest BCUT2D eigenvalue weighted by atomic mass is 79.9. The highest BCUT2D eigenvalue weighted by Gasteiger charge is 2.37. The Bertz CT molecular complexity index is 545. The monoisotopic (exact) mass is 335 g/mol. The molecule has 0 atom stereocenters. The van der Waals surface area contributed by atoms with Gasteiger partial charge in [0, 0.05) is 4.47 Å². The molecule has 1 aromatic rings. The van der Waals surface area contributed by atoms with E-state index in [1.807, 2.05) is 0 Å². The van der Waals surface area contributed by atoms with Gasteiger partial charge in [-0.3, -0.25) is 4.79 Å². The van der Waals surface area contributed by atoms with E-state index in [0.717, 1.165) is 42.5 Å². The second kappa shape index (κ2) is 6.38. The van der Waals surface area contributed by atoms with E-state index in [1.165, 1.54) is 0 Å². The number of halogens is 1. The van der Waals surface area contributed by atoms with E-state index < -0.39 is 0 Å². The Labute approximate surface area is 127 Å². The predicted octanol–water partition coefficient (Wildman–Crippen LogP) is 3.04. The standard InChI is InChI=1S/C15H18BrN3O/c1-2-15(5-7-18-8-6-15)14(20)19-13-4-3-11(10-17)9-12(13)16/h3-4,9,18H,2,5-8H2,1H3,(H,19,20). The lowest BCUT2D eigenvalue weighted by atomic mass is 9.76. The number of hydrogen-bond acceptors (Lipinski definition) is 3. The van der Waals surface area contributed by atoms with Crippen LogP contribution in [-0.2, 0) is 4.79 Å². The van der Waals surface area contributed by atoms with E-state index in [1.54, 1.807) is 18.2 Å². The highest BCUT2D eigenvalue weighted by molar-refractivity contribution is 9.10. The first-order chi connectivity index (χ1) is 9.61. The molecule has 0 bridgehead atoms. The van der Waals surface area contributed by atoms with E-state index in [0.29, 0.717) is 5.56 Å². The molecule has 4 nitrogen and oxygen atoms in total. The van der Waals surface area contributed by atoms with Crippen LogP contribution in [0.25, 0.3) is 0 Å². The van der Waals surface area contributed by atoms with Crippen molar-refractivity contribution >= 4 is 27.5 Å². The Hall–Kier alpha value is -1.38. The molecule has 0 spiro atoms. The van der Waals surface area contributed by atoms with Crippen molar-refractivity contribution < 1.29 is 4.79 Å². The minimum Gasteiger partial charge on any atom is -0.325 e. The van der Waals surface area contributed by atoms with Gasteiger partial charge in [0.1, 0.15) is 0 Å². The van der Waals surface area contributed by atoms with Gasteiger partial charge in [-0.1, -0.05) is 6.92 Å². The summed E-state index contributed by atoms with van der Waals surface area (Å²) < 4.78 is 0.741. The number of nitrogens with one attached hydrogen (secondary N) is 2. The molecule has 0 saturated carbocycles. The van der Waals surface area contributed by atoms with Gasteiger partial charge in [0.25, 0.3) is 0 Å². The van der Waals surface area contributed by atoms with Crippen LogP contribution in [0.1, 0.15) is 31.7 Å². The quantitative estimate of drug-likeness (QED) is 0.892. The first-order valence-corrected chi connectivity index (χ1v) is 7.62. The molecule has 1 aliphatic rings. The normalized spacial score (nSPS) is 17.2. The van der Waals surface area contributed by atoms with Crippen molar-refractivity contribution in [3.05, 3.63) is 28.2 Å². The van der Waals surface area contributed by atoms with Crippen LogP contribution in [0.15, 0.2) is 22.7 Å². The number of carbonyl (C=O) groups excluding carboxylic acids is 1. The summed E-state index contributed by atoms with van der Waals surface area (Å²) in [5, 5.41) is 15.1. The van der Waals surface area contributed by atoms with Crippen LogP contribution in [0.4, 0.5) is 5.69 Å². The van der Waals surface area contributed by atoms with Crippen LogP contribution >= 0.6 is 15.9 Å². The molecule has 5 heteroatoms. The summed E-state index contributed by atoms with van der Waals surface area (Å²) in [5.74, 6) is 0.0758. The number of hydrogen-bond donors (Lipinski definition) is 2. The molecule has 0 aliphatic carbocycles. The van der Waals surface area contributed by atoms with Crippen LogP contribution in [0, 0.1) is 16.7 Å². The molecular weight excluding hydrogens is 318 g/mol. The van der Waals surface area contributed by atoms with Crippen LogP contribution in [0.3, 0.4) is 0 Å². The Morgan fingerprint density at radius 3 is 2.75 bits per heavy atom. The van der Waals surface area contributed by atoms with Gasteiger partial charge >= 0.3 is 0 Å². The summed E-state index contributed by atoms with van der Waals surface area (Å²) in [4.78, 5) is 12.6. The van der Waals surface area contributed by atoms with Gasteiger partial charge in [-0.15, -0.1) is 0 Å². The number of amides is 1. The van der Waals surface area contributed by atoms with Crippen LogP contribution in [0.5, 0.6) is 0 Å². The molecule has 1 heterocycles. The average Bonchev–Trinajstić information content (AvgIpc) is 2.49. The fourth-order valence-electron chi connectivity index (χ4n) is 2.59. The summed E-state index contributed by atoms with van der Waals surface area (Å²) >= 11 is 3.40. The molecule has 1 aromatic carbocycles. The number of benzene rings is 1. The lowest BCUT2D eigenvalue weighted by Crippen LogP contribution is -2.44. The zero-order chi connectivity index (χ0) is 14.6. The van der Waals surface area contributed by atoms with Crippen molar-refractivity contribution in [3.63, 3.8) is 0 Å². The molecular formula is C15H18BrN3O. The van der Waals surface area contributed by atoms with Gasteiger partial charge in [0.2, 0.25) is 5.91 Å². The Morgan fingerprint density at radius 1 is 1.50 bits per heavy atom. The summed E-state index contributed by atoms with van der Waals surface area (Å²) in [5.41, 5.74) is 1.01. The lowest BCUT2D eigenvalue weighted by molar-refractivity contribution is -0.127. The van der Waals surface area contributed by atoms with Gasteiger partial charge in [0.15, 0.2) is 0 Å². The molecule has 20 heavy (non-hydrogen) atoms. The third kappa shape index (κ3) is 3.02. The number of carbonyl (C=O) groups is 1. The fourth-order valence-corrected chi connectivity index (χ4v) is 3.07.